The zero-order chi connectivity index (χ0) is 35.4. The summed E-state index contributed by atoms with van der Waals surface area (Å²) >= 11 is 0. The van der Waals surface area contributed by atoms with E-state index in [0.29, 0.717) is 24.0 Å². The van der Waals surface area contributed by atoms with Crippen LogP contribution in [0.5, 0.6) is 0 Å². The van der Waals surface area contributed by atoms with Crippen LogP contribution in [-0.4, -0.2) is 96.8 Å². The average molecular weight is 665 g/mol. The number of esters is 2. The van der Waals surface area contributed by atoms with Crippen LogP contribution in [0.15, 0.2) is 60.7 Å². The molecule has 0 saturated carbocycles. The van der Waals surface area contributed by atoms with Crippen LogP contribution in [0.2, 0.25) is 0 Å². The highest BCUT2D eigenvalue weighted by Gasteiger charge is 2.36. The van der Waals surface area contributed by atoms with Gasteiger partial charge < -0.3 is 29.9 Å². The summed E-state index contributed by atoms with van der Waals surface area (Å²) in [7, 11) is 2.81. The molecule has 0 unspecified atom stereocenters. The first-order chi connectivity index (χ1) is 22.8. The van der Waals surface area contributed by atoms with Crippen LogP contribution in [0.4, 0.5) is 0 Å². The highest BCUT2D eigenvalue weighted by Crippen LogP contribution is 2.16. The highest BCUT2D eigenvalue weighted by molar-refractivity contribution is 5.94. The number of amides is 4. The van der Waals surface area contributed by atoms with Crippen LogP contribution in [0.25, 0.3) is 0 Å². The fraction of sp³-hybridized carbons (Fsp3) is 0.500. The van der Waals surface area contributed by atoms with E-state index < -0.39 is 72.9 Å². The molecule has 2 aromatic rings. The van der Waals surface area contributed by atoms with Crippen molar-refractivity contribution in [2.45, 2.75) is 77.7 Å². The minimum absolute atomic E-state index is 0.0218. The molecule has 12 heteroatoms. The number of ether oxygens (including phenoxy) is 2. The largest absolute Gasteiger partial charge is 0.451 e. The van der Waals surface area contributed by atoms with Crippen molar-refractivity contribution in [2.24, 2.45) is 11.8 Å². The van der Waals surface area contributed by atoms with Crippen LogP contribution in [0, 0.1) is 11.8 Å². The zero-order valence-corrected chi connectivity index (χ0v) is 28.6. The predicted octanol–water partition coefficient (Wildman–Crippen LogP) is 2.29. The fourth-order valence-electron chi connectivity index (χ4n) is 5.30. The van der Waals surface area contributed by atoms with Crippen molar-refractivity contribution in [3.63, 3.8) is 0 Å². The number of carbonyl (C=O) groups excluding carboxylic acids is 6. The summed E-state index contributed by atoms with van der Waals surface area (Å²) in [6.45, 7) is 6.29. The third kappa shape index (κ3) is 10.6. The van der Waals surface area contributed by atoms with Crippen molar-refractivity contribution in [1.29, 1.82) is 0 Å². The van der Waals surface area contributed by atoms with E-state index in [-0.39, 0.29) is 24.7 Å². The van der Waals surface area contributed by atoms with Gasteiger partial charge in [-0.05, 0) is 23.0 Å². The summed E-state index contributed by atoms with van der Waals surface area (Å²) in [6.07, 6.45) is -1.56. The van der Waals surface area contributed by atoms with Crippen LogP contribution in [0.1, 0.15) is 51.7 Å². The van der Waals surface area contributed by atoms with E-state index in [2.05, 4.69) is 10.6 Å². The van der Waals surface area contributed by atoms with Crippen LogP contribution in [-0.2, 0) is 51.1 Å². The molecule has 1 fully saturated rings. The van der Waals surface area contributed by atoms with E-state index >= 15 is 0 Å². The summed E-state index contributed by atoms with van der Waals surface area (Å²) in [6, 6.07) is 15.8. The van der Waals surface area contributed by atoms with Gasteiger partial charge in [0.05, 0.1) is 0 Å². The molecule has 1 saturated heterocycles. The molecule has 1 aliphatic heterocycles. The van der Waals surface area contributed by atoms with Gasteiger partial charge in [0.2, 0.25) is 11.8 Å². The summed E-state index contributed by atoms with van der Waals surface area (Å²) < 4.78 is 11.3. The number of hydrogen-bond donors (Lipinski definition) is 2. The number of cyclic esters (lactones) is 2. The molecule has 0 bridgehead atoms. The van der Waals surface area contributed by atoms with E-state index in [1.165, 1.54) is 14.1 Å². The molecular formula is C36H48N4O8. The molecule has 48 heavy (non-hydrogen) atoms. The van der Waals surface area contributed by atoms with Gasteiger partial charge in [0.25, 0.3) is 11.8 Å². The summed E-state index contributed by atoms with van der Waals surface area (Å²) in [5, 5.41) is 5.50. The van der Waals surface area contributed by atoms with Gasteiger partial charge in [0, 0.05) is 26.9 Å². The third-order valence-corrected chi connectivity index (χ3v) is 8.70. The van der Waals surface area contributed by atoms with Gasteiger partial charge in [-0.2, -0.15) is 0 Å². The molecule has 4 amide bonds. The number of likely N-dealkylation sites (N-methyl/N-ethyl adjacent to an activating group) is 2. The van der Waals surface area contributed by atoms with E-state index in [1.54, 1.807) is 62.4 Å². The Bertz CT molecular complexity index is 1310. The van der Waals surface area contributed by atoms with Crippen LogP contribution < -0.4 is 10.6 Å². The monoisotopic (exact) mass is 664 g/mol. The minimum atomic E-state index is -1.32. The summed E-state index contributed by atoms with van der Waals surface area (Å²) in [5.74, 6) is -4.85. The quantitative estimate of drug-likeness (QED) is 0.408. The Morgan fingerprint density at radius 1 is 0.625 bits per heavy atom. The Morgan fingerprint density at radius 3 is 1.27 bits per heavy atom. The van der Waals surface area contributed by atoms with Crippen LogP contribution in [0.3, 0.4) is 0 Å². The lowest BCUT2D eigenvalue weighted by molar-refractivity contribution is -0.161. The fourth-order valence-corrected chi connectivity index (χ4v) is 5.30. The second-order valence-corrected chi connectivity index (χ2v) is 12.5. The van der Waals surface area contributed by atoms with Crippen molar-refractivity contribution in [2.75, 3.05) is 27.2 Å². The van der Waals surface area contributed by atoms with E-state index in [1.807, 2.05) is 26.0 Å². The molecule has 0 radical (unpaired) electrons. The van der Waals surface area contributed by atoms with E-state index in [0.717, 1.165) is 9.80 Å². The molecule has 0 aromatic heterocycles. The first-order valence-corrected chi connectivity index (χ1v) is 16.4. The van der Waals surface area contributed by atoms with Gasteiger partial charge in [0.1, 0.15) is 25.2 Å². The second kappa shape index (κ2) is 18.0. The minimum Gasteiger partial charge on any atom is -0.451 e. The zero-order valence-electron chi connectivity index (χ0n) is 28.6. The number of benzene rings is 2. The molecule has 6 atom stereocenters. The van der Waals surface area contributed by atoms with Crippen molar-refractivity contribution >= 4 is 35.6 Å². The molecule has 12 nitrogen and oxygen atoms in total. The number of carbonyl (C=O) groups is 6. The maximum absolute atomic E-state index is 13.7. The smallest absolute Gasteiger partial charge is 0.326 e. The summed E-state index contributed by atoms with van der Waals surface area (Å²) in [5.41, 5.74) is 1.43. The second-order valence-electron chi connectivity index (χ2n) is 12.5. The van der Waals surface area contributed by atoms with Crippen molar-refractivity contribution in [3.05, 3.63) is 71.8 Å². The molecular weight excluding hydrogens is 616 g/mol. The van der Waals surface area contributed by atoms with Gasteiger partial charge in [-0.25, -0.2) is 0 Å². The maximum atomic E-state index is 13.7. The Hall–Kier alpha value is -4.74. The van der Waals surface area contributed by atoms with Gasteiger partial charge in [-0.3, -0.25) is 28.8 Å². The topological polar surface area (TPSA) is 151 Å². The molecule has 0 spiro atoms. The average Bonchev–Trinajstić information content (AvgIpc) is 3.07. The Balaban J connectivity index is 2.01. The molecule has 3 rings (SSSR count). The molecule has 2 N–H and O–H groups in total. The number of nitrogens with zero attached hydrogens (tertiary/aromatic N) is 2. The van der Waals surface area contributed by atoms with Gasteiger partial charge in [-0.1, -0.05) is 101 Å². The number of nitrogens with one attached hydrogen (secondary N) is 2. The lowest BCUT2D eigenvalue weighted by Crippen LogP contribution is -2.56. The van der Waals surface area contributed by atoms with Gasteiger partial charge >= 0.3 is 11.9 Å². The first kappa shape index (κ1) is 37.7. The van der Waals surface area contributed by atoms with Crippen molar-refractivity contribution < 1.29 is 38.2 Å². The third-order valence-electron chi connectivity index (χ3n) is 8.70. The SMILES string of the molecule is CC[C@@H](C)[C@@H]1NC(=O)[C@@H](Cc2ccccc2)OC(=O)CN(C)C(=O)[C@H]([C@H](C)CC)NC(=O)[C@@H](Cc2ccccc2)OC(=O)CN(C)C1=O. The van der Waals surface area contributed by atoms with E-state index in [4.69, 9.17) is 9.47 Å². The molecule has 2 aromatic carbocycles. The number of hydrogen-bond acceptors (Lipinski definition) is 8. The molecule has 260 valence electrons. The van der Waals surface area contributed by atoms with Crippen molar-refractivity contribution in [3.8, 4) is 0 Å². The highest BCUT2D eigenvalue weighted by atomic mass is 16.6. The molecule has 1 aliphatic rings. The standard InChI is InChI=1S/C36H48N4O8/c1-7-23(3)31-35(45)39(5)21-29(41)48-28(20-26-17-13-10-14-18-26)34(44)38-32(24(4)8-2)36(46)40(6)22-30(42)47-27(33(43)37-31)19-25-15-11-9-12-16-25/h9-18,23-24,27-28,31-32H,7-8,19-22H2,1-6H3,(H,37,43)(H,38,44)/t23-,24-,27-,28-,31+,32+/m1/s1. The molecule has 1 heterocycles. The van der Waals surface area contributed by atoms with Gasteiger partial charge in [-0.15, -0.1) is 0 Å². The lowest BCUT2D eigenvalue weighted by Gasteiger charge is -2.31. The number of rotatable bonds is 8. The predicted molar refractivity (Wildman–Crippen MR) is 178 cm³/mol. The Morgan fingerprint density at radius 2 is 0.958 bits per heavy atom. The maximum Gasteiger partial charge on any atom is 0.326 e. The summed E-state index contributed by atoms with van der Waals surface area (Å²) in [4.78, 5) is 83.6. The van der Waals surface area contributed by atoms with Gasteiger partial charge in [0.15, 0.2) is 12.2 Å². The van der Waals surface area contributed by atoms with Crippen molar-refractivity contribution in [1.82, 2.24) is 20.4 Å². The Kier molecular flexibility index (Phi) is 14.1. The Labute approximate surface area is 282 Å². The first-order valence-electron chi connectivity index (χ1n) is 16.4. The lowest BCUT2D eigenvalue weighted by atomic mass is 9.97. The molecule has 0 aliphatic carbocycles. The van der Waals surface area contributed by atoms with E-state index in [9.17, 15) is 28.8 Å². The van der Waals surface area contributed by atoms with Crippen LogP contribution >= 0.6 is 0 Å². The normalized spacial score (nSPS) is 23.6.